The molecule has 1 saturated heterocycles. The Morgan fingerprint density at radius 1 is 1.10 bits per heavy atom. The molecule has 2 aromatic rings. The molecule has 1 aliphatic heterocycles. The highest BCUT2D eigenvalue weighted by Gasteiger charge is 2.38. The SMILES string of the molecule is Cc1cc(C)nc(Sc2ccc(NC(=O)C3CCCN3C(=O)C(C)(C)C)cc2)n1. The zero-order valence-electron chi connectivity index (χ0n) is 17.7. The van der Waals surface area contributed by atoms with Crippen LogP contribution in [0, 0.1) is 19.3 Å². The van der Waals surface area contributed by atoms with Crippen LogP contribution in [0.1, 0.15) is 45.0 Å². The molecule has 1 N–H and O–H groups in total. The van der Waals surface area contributed by atoms with Gasteiger partial charge in [0.15, 0.2) is 5.16 Å². The molecule has 0 spiro atoms. The van der Waals surface area contributed by atoms with Gasteiger partial charge in [0, 0.05) is 33.9 Å². The molecule has 0 saturated carbocycles. The van der Waals surface area contributed by atoms with Crippen molar-refractivity contribution in [2.45, 2.75) is 63.6 Å². The Hall–Kier alpha value is -2.41. The van der Waals surface area contributed by atoms with Crippen molar-refractivity contribution < 1.29 is 9.59 Å². The summed E-state index contributed by atoms with van der Waals surface area (Å²) in [6, 6.07) is 9.16. The van der Waals surface area contributed by atoms with Crippen molar-refractivity contribution in [2.24, 2.45) is 5.41 Å². The summed E-state index contributed by atoms with van der Waals surface area (Å²) in [4.78, 5) is 37.0. The predicted octanol–water partition coefficient (Wildman–Crippen LogP) is 4.22. The first-order valence-electron chi connectivity index (χ1n) is 9.85. The van der Waals surface area contributed by atoms with Crippen LogP contribution in [-0.2, 0) is 9.59 Å². The topological polar surface area (TPSA) is 75.2 Å². The third kappa shape index (κ3) is 5.35. The van der Waals surface area contributed by atoms with Crippen LogP contribution in [0.4, 0.5) is 5.69 Å². The third-order valence-electron chi connectivity index (χ3n) is 4.75. The minimum Gasteiger partial charge on any atom is -0.330 e. The van der Waals surface area contributed by atoms with Crippen molar-refractivity contribution >= 4 is 29.3 Å². The Kier molecular flexibility index (Phi) is 6.27. The van der Waals surface area contributed by atoms with Gasteiger partial charge in [-0.15, -0.1) is 0 Å². The average Bonchev–Trinajstić information content (AvgIpc) is 3.10. The first kappa shape index (κ1) is 21.3. The van der Waals surface area contributed by atoms with Gasteiger partial charge in [0.2, 0.25) is 11.8 Å². The summed E-state index contributed by atoms with van der Waals surface area (Å²) in [7, 11) is 0. The zero-order chi connectivity index (χ0) is 21.2. The first-order chi connectivity index (χ1) is 13.6. The number of carbonyl (C=O) groups is 2. The molecule has 1 aromatic carbocycles. The Balaban J connectivity index is 1.64. The van der Waals surface area contributed by atoms with Gasteiger partial charge in [-0.05, 0) is 68.8 Å². The minimum absolute atomic E-state index is 0.0235. The standard InChI is InChI=1S/C22H28N4O2S/c1-14-13-15(2)24-21(23-14)29-17-10-8-16(9-11-17)25-19(27)18-7-6-12-26(18)20(28)22(3,4)5/h8-11,13,18H,6-7,12H2,1-5H3,(H,25,27). The van der Waals surface area contributed by atoms with E-state index < -0.39 is 11.5 Å². The van der Waals surface area contributed by atoms with E-state index in [1.165, 1.54) is 11.8 Å². The molecular weight excluding hydrogens is 384 g/mol. The van der Waals surface area contributed by atoms with E-state index in [2.05, 4.69) is 15.3 Å². The molecule has 7 heteroatoms. The fourth-order valence-corrected chi connectivity index (χ4v) is 4.25. The Morgan fingerprint density at radius 2 is 1.72 bits per heavy atom. The van der Waals surface area contributed by atoms with Crippen molar-refractivity contribution in [3.8, 4) is 0 Å². The van der Waals surface area contributed by atoms with E-state index in [4.69, 9.17) is 0 Å². The van der Waals surface area contributed by atoms with E-state index in [-0.39, 0.29) is 11.8 Å². The van der Waals surface area contributed by atoms with Crippen molar-refractivity contribution in [1.29, 1.82) is 0 Å². The summed E-state index contributed by atoms with van der Waals surface area (Å²) in [5.74, 6) is -0.103. The molecule has 1 unspecified atom stereocenters. The highest BCUT2D eigenvalue weighted by atomic mass is 32.2. The molecule has 0 radical (unpaired) electrons. The van der Waals surface area contributed by atoms with Crippen LogP contribution in [0.3, 0.4) is 0 Å². The van der Waals surface area contributed by atoms with E-state index in [0.717, 1.165) is 28.4 Å². The largest absolute Gasteiger partial charge is 0.330 e. The number of nitrogens with zero attached hydrogens (tertiary/aromatic N) is 3. The molecule has 2 heterocycles. The van der Waals surface area contributed by atoms with Gasteiger partial charge in [-0.1, -0.05) is 20.8 Å². The number of hydrogen-bond acceptors (Lipinski definition) is 5. The van der Waals surface area contributed by atoms with Gasteiger partial charge in [-0.2, -0.15) is 0 Å². The molecule has 0 aliphatic carbocycles. The number of anilines is 1. The van der Waals surface area contributed by atoms with Gasteiger partial charge in [0.1, 0.15) is 6.04 Å². The number of nitrogens with one attached hydrogen (secondary N) is 1. The van der Waals surface area contributed by atoms with Crippen molar-refractivity contribution in [3.05, 3.63) is 41.7 Å². The molecule has 6 nitrogen and oxygen atoms in total. The molecule has 0 bridgehead atoms. The Morgan fingerprint density at radius 3 is 2.31 bits per heavy atom. The van der Waals surface area contributed by atoms with Gasteiger partial charge in [-0.3, -0.25) is 9.59 Å². The number of hydrogen-bond donors (Lipinski definition) is 1. The van der Waals surface area contributed by atoms with Crippen LogP contribution < -0.4 is 5.32 Å². The lowest BCUT2D eigenvalue weighted by Gasteiger charge is -2.30. The maximum atomic E-state index is 12.8. The maximum absolute atomic E-state index is 12.8. The second-order valence-electron chi connectivity index (χ2n) is 8.46. The first-order valence-corrected chi connectivity index (χ1v) is 10.7. The molecular formula is C22H28N4O2S. The molecule has 154 valence electrons. The van der Waals surface area contributed by atoms with Crippen molar-refractivity contribution in [3.63, 3.8) is 0 Å². The minimum atomic E-state index is -0.488. The van der Waals surface area contributed by atoms with Crippen LogP contribution in [0.2, 0.25) is 0 Å². The molecule has 1 fully saturated rings. The van der Waals surface area contributed by atoms with Crippen LogP contribution in [0.5, 0.6) is 0 Å². The highest BCUT2D eigenvalue weighted by Crippen LogP contribution is 2.28. The second-order valence-corrected chi connectivity index (χ2v) is 9.50. The van der Waals surface area contributed by atoms with E-state index in [9.17, 15) is 9.59 Å². The van der Waals surface area contributed by atoms with Gasteiger partial charge < -0.3 is 10.2 Å². The van der Waals surface area contributed by atoms with Crippen LogP contribution in [0.25, 0.3) is 0 Å². The van der Waals surface area contributed by atoms with Crippen molar-refractivity contribution in [1.82, 2.24) is 14.9 Å². The number of carbonyl (C=O) groups excluding carboxylic acids is 2. The molecule has 1 aromatic heterocycles. The average molecular weight is 413 g/mol. The zero-order valence-corrected chi connectivity index (χ0v) is 18.5. The summed E-state index contributed by atoms with van der Waals surface area (Å²) >= 11 is 1.49. The molecule has 29 heavy (non-hydrogen) atoms. The van der Waals surface area contributed by atoms with E-state index in [1.54, 1.807) is 4.90 Å². The van der Waals surface area contributed by atoms with Crippen LogP contribution >= 0.6 is 11.8 Å². The Bertz CT molecular complexity index is 886. The van der Waals surface area contributed by atoms with Gasteiger partial charge in [0.25, 0.3) is 0 Å². The van der Waals surface area contributed by atoms with Crippen LogP contribution in [-0.4, -0.2) is 39.3 Å². The predicted molar refractivity (Wildman–Crippen MR) is 115 cm³/mol. The summed E-state index contributed by atoms with van der Waals surface area (Å²) in [5, 5.41) is 3.67. The quantitative estimate of drug-likeness (QED) is 0.761. The van der Waals surface area contributed by atoms with Gasteiger partial charge >= 0.3 is 0 Å². The second kappa shape index (κ2) is 8.53. The smallest absolute Gasteiger partial charge is 0.247 e. The van der Waals surface area contributed by atoms with Crippen LogP contribution in [0.15, 0.2) is 40.4 Å². The summed E-state index contributed by atoms with van der Waals surface area (Å²) in [5.41, 5.74) is 2.11. The molecule has 2 amide bonds. The number of benzene rings is 1. The highest BCUT2D eigenvalue weighted by molar-refractivity contribution is 7.99. The third-order valence-corrected chi connectivity index (χ3v) is 5.62. The summed E-state index contributed by atoms with van der Waals surface area (Å²) in [6.45, 7) is 10.2. The number of aromatic nitrogens is 2. The number of rotatable bonds is 4. The maximum Gasteiger partial charge on any atom is 0.247 e. The molecule has 1 atom stereocenters. The monoisotopic (exact) mass is 412 g/mol. The van der Waals surface area contributed by atoms with Crippen molar-refractivity contribution in [2.75, 3.05) is 11.9 Å². The number of aryl methyl sites for hydroxylation is 2. The normalized spacial score (nSPS) is 16.7. The van der Waals surface area contributed by atoms with E-state index >= 15 is 0 Å². The lowest BCUT2D eigenvalue weighted by Crippen LogP contribution is -2.47. The molecule has 3 rings (SSSR count). The fraction of sp³-hybridized carbons (Fsp3) is 0.455. The summed E-state index contributed by atoms with van der Waals surface area (Å²) in [6.07, 6.45) is 1.55. The fourth-order valence-electron chi connectivity index (χ4n) is 3.39. The number of amides is 2. The van der Waals surface area contributed by atoms with Gasteiger partial charge in [-0.25, -0.2) is 9.97 Å². The van der Waals surface area contributed by atoms with E-state index in [0.29, 0.717) is 18.1 Å². The molecule has 1 aliphatic rings. The lowest BCUT2D eigenvalue weighted by molar-refractivity contribution is -0.143. The van der Waals surface area contributed by atoms with Gasteiger partial charge in [0.05, 0.1) is 0 Å². The van der Waals surface area contributed by atoms with E-state index in [1.807, 2.05) is 65.0 Å². The summed E-state index contributed by atoms with van der Waals surface area (Å²) < 4.78 is 0. The number of likely N-dealkylation sites (tertiary alicyclic amines) is 1. The Labute approximate surface area is 176 Å². The lowest BCUT2D eigenvalue weighted by atomic mass is 9.94.